The number of amides is 1. The lowest BCUT2D eigenvalue weighted by Crippen LogP contribution is -2.29. The lowest BCUT2D eigenvalue weighted by Gasteiger charge is -2.17. The Balaban J connectivity index is 1.67. The lowest BCUT2D eigenvalue weighted by atomic mass is 10.0. The number of nitrogens with one attached hydrogen (secondary N) is 1. The first-order valence-corrected chi connectivity index (χ1v) is 9.32. The molecule has 0 aliphatic heterocycles. The predicted octanol–water partition coefficient (Wildman–Crippen LogP) is 4.27. The molecule has 5 nitrogen and oxygen atoms in total. The maximum absolute atomic E-state index is 12.3. The summed E-state index contributed by atoms with van der Waals surface area (Å²) in [5.74, 6) is -0.571. The first-order valence-electron chi connectivity index (χ1n) is 8.44. The van der Waals surface area contributed by atoms with E-state index in [4.69, 9.17) is 4.74 Å². The fraction of sp³-hybridized carbons (Fsp3) is 0.143. The maximum atomic E-state index is 12.3. The fourth-order valence-electron chi connectivity index (χ4n) is 2.60. The van der Waals surface area contributed by atoms with Gasteiger partial charge in [0.1, 0.15) is 12.4 Å². The molecule has 3 rings (SSSR count). The van der Waals surface area contributed by atoms with Gasteiger partial charge >= 0.3 is 5.97 Å². The van der Waals surface area contributed by atoms with E-state index >= 15 is 0 Å². The zero-order chi connectivity index (χ0) is 19.1. The van der Waals surface area contributed by atoms with Gasteiger partial charge in [0.05, 0.1) is 17.3 Å². The van der Waals surface area contributed by atoms with Gasteiger partial charge in [-0.05, 0) is 34.7 Å². The van der Waals surface area contributed by atoms with Crippen LogP contribution in [0, 0.1) is 0 Å². The minimum Gasteiger partial charge on any atom is -0.489 e. The molecule has 138 valence electrons. The third-order valence-electron chi connectivity index (χ3n) is 3.96. The van der Waals surface area contributed by atoms with Crippen molar-refractivity contribution in [1.82, 2.24) is 5.32 Å². The SMILES string of the molecule is O=C(O)C[C@H](NC(=O)c1cccs1)c1ccc(OCc2ccccc2)cc1. The molecular weight excluding hydrogens is 362 g/mol. The topological polar surface area (TPSA) is 75.6 Å². The molecule has 1 amide bonds. The second-order valence-corrected chi connectivity index (χ2v) is 6.89. The Morgan fingerprint density at radius 2 is 1.74 bits per heavy atom. The van der Waals surface area contributed by atoms with Gasteiger partial charge in [-0.15, -0.1) is 11.3 Å². The summed E-state index contributed by atoms with van der Waals surface area (Å²) in [6, 6.07) is 19.8. The smallest absolute Gasteiger partial charge is 0.305 e. The van der Waals surface area contributed by atoms with Crippen LogP contribution < -0.4 is 10.1 Å². The average Bonchev–Trinajstić information content (AvgIpc) is 3.22. The van der Waals surface area contributed by atoms with E-state index in [0.717, 1.165) is 11.1 Å². The van der Waals surface area contributed by atoms with E-state index in [1.807, 2.05) is 30.3 Å². The van der Waals surface area contributed by atoms with Crippen molar-refractivity contribution in [3.05, 3.63) is 88.1 Å². The molecule has 0 aliphatic carbocycles. The Bertz CT molecular complexity index is 876. The minimum atomic E-state index is -0.976. The summed E-state index contributed by atoms with van der Waals surface area (Å²) in [7, 11) is 0. The van der Waals surface area contributed by atoms with E-state index in [-0.39, 0.29) is 12.3 Å². The Labute approximate surface area is 161 Å². The van der Waals surface area contributed by atoms with Crippen LogP contribution in [-0.2, 0) is 11.4 Å². The van der Waals surface area contributed by atoms with Gasteiger partial charge in [-0.2, -0.15) is 0 Å². The molecule has 1 heterocycles. The predicted molar refractivity (Wildman–Crippen MR) is 104 cm³/mol. The zero-order valence-electron chi connectivity index (χ0n) is 14.5. The maximum Gasteiger partial charge on any atom is 0.305 e. The molecule has 0 fully saturated rings. The van der Waals surface area contributed by atoms with Gasteiger partial charge in [0, 0.05) is 0 Å². The standard InChI is InChI=1S/C21H19NO4S/c23-20(24)13-18(22-21(25)19-7-4-12-27-19)16-8-10-17(11-9-16)26-14-15-5-2-1-3-6-15/h1-12,18H,13-14H2,(H,22,25)(H,23,24)/t18-/m0/s1. The normalized spacial score (nSPS) is 11.6. The second-order valence-electron chi connectivity index (χ2n) is 5.94. The van der Waals surface area contributed by atoms with Crippen LogP contribution in [0.4, 0.5) is 0 Å². The molecule has 0 saturated carbocycles. The molecule has 0 radical (unpaired) electrons. The number of aliphatic carboxylic acids is 1. The van der Waals surface area contributed by atoms with Crippen LogP contribution in [0.25, 0.3) is 0 Å². The van der Waals surface area contributed by atoms with Gasteiger partial charge in [-0.1, -0.05) is 48.5 Å². The fourth-order valence-corrected chi connectivity index (χ4v) is 3.23. The first kappa shape index (κ1) is 18.7. The summed E-state index contributed by atoms with van der Waals surface area (Å²) in [5, 5.41) is 13.8. The highest BCUT2D eigenvalue weighted by molar-refractivity contribution is 7.12. The summed E-state index contributed by atoms with van der Waals surface area (Å²) in [5.41, 5.74) is 1.78. The van der Waals surface area contributed by atoms with Gasteiger partial charge in [0.2, 0.25) is 0 Å². The van der Waals surface area contributed by atoms with Gasteiger partial charge in [0.15, 0.2) is 0 Å². The minimum absolute atomic E-state index is 0.193. The number of rotatable bonds is 8. The van der Waals surface area contributed by atoms with E-state index < -0.39 is 12.0 Å². The number of carboxylic acid groups (broad SMARTS) is 1. The number of thiophene rings is 1. The van der Waals surface area contributed by atoms with Crippen LogP contribution in [0.2, 0.25) is 0 Å². The molecule has 0 spiro atoms. The highest BCUT2D eigenvalue weighted by atomic mass is 32.1. The molecule has 1 atom stereocenters. The van der Waals surface area contributed by atoms with Crippen molar-refractivity contribution in [2.45, 2.75) is 19.1 Å². The van der Waals surface area contributed by atoms with Gasteiger partial charge < -0.3 is 15.2 Å². The summed E-state index contributed by atoms with van der Waals surface area (Å²) >= 11 is 1.31. The van der Waals surface area contributed by atoms with E-state index in [0.29, 0.717) is 17.2 Å². The Morgan fingerprint density at radius 3 is 2.37 bits per heavy atom. The number of hydrogen-bond donors (Lipinski definition) is 2. The monoisotopic (exact) mass is 381 g/mol. The van der Waals surface area contributed by atoms with Gasteiger partial charge in [-0.3, -0.25) is 9.59 Å². The molecular formula is C21H19NO4S. The van der Waals surface area contributed by atoms with Crippen molar-refractivity contribution in [1.29, 1.82) is 0 Å². The molecule has 27 heavy (non-hydrogen) atoms. The van der Waals surface area contributed by atoms with Crippen LogP contribution in [0.1, 0.15) is 33.3 Å². The molecule has 2 N–H and O–H groups in total. The number of carbonyl (C=O) groups excluding carboxylic acids is 1. The summed E-state index contributed by atoms with van der Waals surface area (Å²) in [6.07, 6.45) is -0.193. The van der Waals surface area contributed by atoms with E-state index in [1.165, 1.54) is 11.3 Å². The zero-order valence-corrected chi connectivity index (χ0v) is 15.3. The Morgan fingerprint density at radius 1 is 1.00 bits per heavy atom. The van der Waals surface area contributed by atoms with Crippen molar-refractivity contribution in [2.24, 2.45) is 0 Å². The molecule has 0 aliphatic rings. The number of ether oxygens (including phenoxy) is 1. The number of benzene rings is 2. The largest absolute Gasteiger partial charge is 0.489 e. The second kappa shape index (κ2) is 9.00. The highest BCUT2D eigenvalue weighted by Crippen LogP contribution is 2.22. The molecule has 0 bridgehead atoms. The van der Waals surface area contributed by atoms with Crippen LogP contribution >= 0.6 is 11.3 Å². The Kier molecular flexibility index (Phi) is 6.22. The van der Waals surface area contributed by atoms with E-state index in [1.54, 1.807) is 41.8 Å². The van der Waals surface area contributed by atoms with Crippen molar-refractivity contribution in [3.8, 4) is 5.75 Å². The van der Waals surface area contributed by atoms with Crippen LogP contribution in [0.5, 0.6) is 5.75 Å². The van der Waals surface area contributed by atoms with Crippen molar-refractivity contribution in [2.75, 3.05) is 0 Å². The van der Waals surface area contributed by atoms with Crippen molar-refractivity contribution < 1.29 is 19.4 Å². The number of hydrogen-bond acceptors (Lipinski definition) is 4. The van der Waals surface area contributed by atoms with Crippen LogP contribution in [0.3, 0.4) is 0 Å². The van der Waals surface area contributed by atoms with E-state index in [9.17, 15) is 14.7 Å². The summed E-state index contributed by atoms with van der Waals surface area (Å²) in [4.78, 5) is 24.0. The quantitative estimate of drug-likeness (QED) is 0.611. The molecule has 6 heteroatoms. The highest BCUT2D eigenvalue weighted by Gasteiger charge is 2.19. The third kappa shape index (κ3) is 5.43. The molecule has 0 unspecified atom stereocenters. The molecule has 0 saturated heterocycles. The van der Waals surface area contributed by atoms with Crippen LogP contribution in [0.15, 0.2) is 72.1 Å². The van der Waals surface area contributed by atoms with Crippen molar-refractivity contribution >= 4 is 23.2 Å². The summed E-state index contributed by atoms with van der Waals surface area (Å²) in [6.45, 7) is 0.452. The third-order valence-corrected chi connectivity index (χ3v) is 4.83. The average molecular weight is 381 g/mol. The first-order chi connectivity index (χ1) is 13.1. The number of carboxylic acids is 1. The molecule has 1 aromatic heterocycles. The van der Waals surface area contributed by atoms with E-state index in [2.05, 4.69) is 5.32 Å². The Hall–Kier alpha value is -3.12. The van der Waals surface area contributed by atoms with Gasteiger partial charge in [0.25, 0.3) is 5.91 Å². The summed E-state index contributed by atoms with van der Waals surface area (Å²) < 4.78 is 5.75. The molecule has 2 aromatic carbocycles. The lowest BCUT2D eigenvalue weighted by molar-refractivity contribution is -0.137. The number of carbonyl (C=O) groups is 2. The molecule has 3 aromatic rings. The van der Waals surface area contributed by atoms with Crippen LogP contribution in [-0.4, -0.2) is 17.0 Å². The van der Waals surface area contributed by atoms with Crippen molar-refractivity contribution in [3.63, 3.8) is 0 Å². The van der Waals surface area contributed by atoms with Gasteiger partial charge in [-0.25, -0.2) is 0 Å².